The molecule has 0 aliphatic heterocycles. The van der Waals surface area contributed by atoms with Crippen molar-refractivity contribution in [3.05, 3.63) is 41.8 Å². The van der Waals surface area contributed by atoms with Crippen LogP contribution in [0.25, 0.3) is 0 Å². The maximum absolute atomic E-state index is 14.7. The number of fused-ring (bicyclic) bond motifs is 8. The van der Waals surface area contributed by atoms with Crippen LogP contribution in [0.2, 0.25) is 0 Å². The van der Waals surface area contributed by atoms with E-state index in [2.05, 4.69) is 74.5 Å². The Labute approximate surface area is 233 Å². The van der Waals surface area contributed by atoms with Crippen LogP contribution in [0.5, 0.6) is 0 Å². The van der Waals surface area contributed by atoms with Crippen molar-refractivity contribution in [1.29, 1.82) is 0 Å². The minimum absolute atomic E-state index is 0.00584. The molecule has 3 fully saturated rings. The van der Waals surface area contributed by atoms with Crippen LogP contribution in [0.4, 0.5) is 0 Å². The standard InChI is InChI=1S/C33H46N4O2/c1-28(2)10-12-33(18-37-19-34-35-20-37)13-11-32(7)26(22(33)16-28)23(38)14-25-30(5)15-21-17-36-39-27(21)29(3,4)24(30)8-9-31(25,32)6/h14,17,19-20,22,24,26H,8-13,15-16,18H2,1-7H3/t22-,24-,26-,30-,31+,32+,33+/m0/s1. The average molecular weight is 531 g/mol. The van der Waals surface area contributed by atoms with Crippen LogP contribution in [0.1, 0.15) is 105 Å². The zero-order valence-corrected chi connectivity index (χ0v) is 25.0. The molecule has 2 aromatic rings. The highest BCUT2D eigenvalue weighted by molar-refractivity contribution is 5.95. The molecule has 7 rings (SSSR count). The van der Waals surface area contributed by atoms with Crippen molar-refractivity contribution in [2.24, 2.45) is 44.8 Å². The molecular formula is C33H46N4O2. The van der Waals surface area contributed by atoms with Gasteiger partial charge in [-0.05, 0) is 96.4 Å². The molecule has 0 amide bonds. The first-order chi connectivity index (χ1) is 18.3. The second kappa shape index (κ2) is 7.73. The summed E-state index contributed by atoms with van der Waals surface area (Å²) in [6.45, 7) is 17.9. The minimum atomic E-state index is -0.101. The summed E-state index contributed by atoms with van der Waals surface area (Å²) in [5.74, 6) is 2.34. The average Bonchev–Trinajstić information content (AvgIpc) is 3.53. The minimum Gasteiger partial charge on any atom is -0.361 e. The van der Waals surface area contributed by atoms with Crippen molar-refractivity contribution in [3.63, 3.8) is 0 Å². The van der Waals surface area contributed by atoms with Crippen molar-refractivity contribution in [2.75, 3.05) is 0 Å². The quantitative estimate of drug-likeness (QED) is 0.420. The van der Waals surface area contributed by atoms with Gasteiger partial charge in [-0.1, -0.05) is 59.2 Å². The van der Waals surface area contributed by atoms with E-state index in [-0.39, 0.29) is 38.4 Å². The van der Waals surface area contributed by atoms with Crippen LogP contribution in [-0.2, 0) is 23.2 Å². The summed E-state index contributed by atoms with van der Waals surface area (Å²) >= 11 is 0. The Hall–Kier alpha value is -2.24. The molecule has 0 unspecified atom stereocenters. The molecule has 3 saturated carbocycles. The van der Waals surface area contributed by atoms with Gasteiger partial charge >= 0.3 is 0 Å². The smallest absolute Gasteiger partial charge is 0.159 e. The van der Waals surface area contributed by atoms with Crippen LogP contribution in [0, 0.1) is 44.8 Å². The van der Waals surface area contributed by atoms with E-state index >= 15 is 0 Å². The first kappa shape index (κ1) is 25.7. The van der Waals surface area contributed by atoms with E-state index in [1.807, 2.05) is 18.9 Å². The van der Waals surface area contributed by atoms with Gasteiger partial charge in [0, 0.05) is 23.4 Å². The molecule has 0 N–H and O–H groups in total. The van der Waals surface area contributed by atoms with E-state index in [1.54, 1.807) is 0 Å². The lowest BCUT2D eigenvalue weighted by Gasteiger charge is -2.69. The lowest BCUT2D eigenvalue weighted by Crippen LogP contribution is -2.65. The number of allylic oxidation sites excluding steroid dienone is 2. The summed E-state index contributed by atoms with van der Waals surface area (Å²) in [5, 5.41) is 12.5. The first-order valence-electron chi connectivity index (χ1n) is 15.3. The monoisotopic (exact) mass is 530 g/mol. The van der Waals surface area contributed by atoms with Crippen molar-refractivity contribution in [3.8, 4) is 0 Å². The Morgan fingerprint density at radius 2 is 1.69 bits per heavy atom. The fourth-order valence-electron chi connectivity index (χ4n) is 11.4. The van der Waals surface area contributed by atoms with Crippen molar-refractivity contribution in [1.82, 2.24) is 19.9 Å². The lowest BCUT2D eigenvalue weighted by atomic mass is 9.34. The van der Waals surface area contributed by atoms with Gasteiger partial charge in [0.05, 0.1) is 6.20 Å². The summed E-state index contributed by atoms with van der Waals surface area (Å²) in [6, 6.07) is 0. The predicted octanol–water partition coefficient (Wildman–Crippen LogP) is 6.96. The molecule has 0 aromatic carbocycles. The Kier molecular flexibility index (Phi) is 5.10. The molecule has 210 valence electrons. The van der Waals surface area contributed by atoms with Gasteiger partial charge in [0.25, 0.3) is 0 Å². The molecule has 2 heterocycles. The van der Waals surface area contributed by atoms with Crippen LogP contribution in [0.15, 0.2) is 35.0 Å². The summed E-state index contributed by atoms with van der Waals surface area (Å²) in [7, 11) is 0. The SMILES string of the molecule is CC1(C)CC[C@]2(Cn3cnnc3)CC[C@]3(C)[C@H](C(=O)C=C4[C@@]5(C)Cc6cnoc6C(C)(C)[C@@H]5CC[C@]43C)[C@@H]2C1. The van der Waals surface area contributed by atoms with Crippen molar-refractivity contribution < 1.29 is 9.32 Å². The van der Waals surface area contributed by atoms with Crippen molar-refractivity contribution in [2.45, 2.75) is 112 Å². The molecule has 5 aliphatic carbocycles. The molecule has 39 heavy (non-hydrogen) atoms. The maximum Gasteiger partial charge on any atom is 0.159 e. The number of hydrogen-bond acceptors (Lipinski definition) is 5. The van der Waals surface area contributed by atoms with E-state index < -0.39 is 0 Å². The van der Waals surface area contributed by atoms with E-state index in [1.165, 1.54) is 30.4 Å². The molecule has 7 atom stereocenters. The van der Waals surface area contributed by atoms with Crippen LogP contribution in [0.3, 0.4) is 0 Å². The molecule has 0 spiro atoms. The third kappa shape index (κ3) is 3.21. The number of aromatic nitrogens is 4. The van der Waals surface area contributed by atoms with Gasteiger partial charge in [0.15, 0.2) is 5.78 Å². The molecule has 6 nitrogen and oxygen atoms in total. The summed E-state index contributed by atoms with van der Waals surface area (Å²) < 4.78 is 8.02. The van der Waals surface area contributed by atoms with Gasteiger partial charge in [0.1, 0.15) is 18.4 Å². The number of rotatable bonds is 2. The van der Waals surface area contributed by atoms with Gasteiger partial charge in [0.2, 0.25) is 0 Å². The molecule has 2 aromatic heterocycles. The largest absolute Gasteiger partial charge is 0.361 e. The van der Waals surface area contributed by atoms with E-state index in [0.29, 0.717) is 17.6 Å². The van der Waals surface area contributed by atoms with Crippen LogP contribution >= 0.6 is 0 Å². The summed E-state index contributed by atoms with van der Waals surface area (Å²) in [4.78, 5) is 14.7. The predicted molar refractivity (Wildman–Crippen MR) is 150 cm³/mol. The third-order valence-electron chi connectivity index (χ3n) is 13.5. The highest BCUT2D eigenvalue weighted by atomic mass is 16.5. The second-order valence-electron chi connectivity index (χ2n) is 16.2. The fourth-order valence-corrected chi connectivity index (χ4v) is 11.4. The van der Waals surface area contributed by atoms with Crippen molar-refractivity contribution >= 4 is 5.78 Å². The Bertz CT molecular complexity index is 1350. The highest BCUT2D eigenvalue weighted by Crippen LogP contribution is 2.74. The summed E-state index contributed by atoms with van der Waals surface area (Å²) in [5.41, 5.74) is 2.83. The molecular weight excluding hydrogens is 484 g/mol. The lowest BCUT2D eigenvalue weighted by molar-refractivity contribution is -0.174. The van der Waals surface area contributed by atoms with Gasteiger partial charge in [-0.3, -0.25) is 4.79 Å². The van der Waals surface area contributed by atoms with E-state index in [0.717, 1.165) is 44.4 Å². The highest BCUT2D eigenvalue weighted by Gasteiger charge is 2.69. The number of nitrogens with zero attached hydrogens (tertiary/aromatic N) is 4. The van der Waals surface area contributed by atoms with E-state index in [9.17, 15) is 4.79 Å². The fraction of sp³-hybridized carbons (Fsp3) is 0.758. The Morgan fingerprint density at radius 1 is 0.974 bits per heavy atom. The van der Waals surface area contributed by atoms with Gasteiger partial charge in [-0.15, -0.1) is 10.2 Å². The third-order valence-corrected chi connectivity index (χ3v) is 13.5. The normalized spacial score (nSPS) is 43.8. The Balaban J connectivity index is 1.36. The second-order valence-corrected chi connectivity index (χ2v) is 16.2. The topological polar surface area (TPSA) is 73.8 Å². The first-order valence-corrected chi connectivity index (χ1v) is 15.3. The molecule has 5 aliphatic rings. The maximum atomic E-state index is 14.7. The Morgan fingerprint density at radius 3 is 2.44 bits per heavy atom. The zero-order valence-electron chi connectivity index (χ0n) is 25.0. The van der Waals surface area contributed by atoms with E-state index in [4.69, 9.17) is 4.52 Å². The number of hydrogen-bond donors (Lipinski definition) is 0. The molecule has 6 heteroatoms. The van der Waals surface area contributed by atoms with Crippen LogP contribution < -0.4 is 0 Å². The van der Waals surface area contributed by atoms with Gasteiger partial charge < -0.3 is 9.09 Å². The molecule has 0 radical (unpaired) electrons. The number of ketones is 1. The van der Waals surface area contributed by atoms with Gasteiger partial charge in [-0.2, -0.15) is 0 Å². The zero-order chi connectivity index (χ0) is 27.6. The number of carbonyl (C=O) groups is 1. The molecule has 0 saturated heterocycles. The summed E-state index contributed by atoms with van der Waals surface area (Å²) in [6.07, 6.45) is 16.9. The van der Waals surface area contributed by atoms with Crippen LogP contribution in [-0.4, -0.2) is 25.7 Å². The van der Waals surface area contributed by atoms with Gasteiger partial charge in [-0.25, -0.2) is 0 Å². The number of carbonyl (C=O) groups excluding carboxylic acids is 1. The molecule has 0 bridgehead atoms.